The molecule has 0 radical (unpaired) electrons. The number of benzene rings is 2. The van der Waals surface area contributed by atoms with E-state index < -0.39 is 6.04 Å². The molecule has 0 spiro atoms. The van der Waals surface area contributed by atoms with Gasteiger partial charge in [-0.3, -0.25) is 9.59 Å². The Balaban J connectivity index is 1.94. The molecule has 0 bridgehead atoms. The molecule has 138 valence electrons. The first-order valence-electron chi connectivity index (χ1n) is 8.78. The lowest BCUT2D eigenvalue weighted by Crippen LogP contribution is -2.46. The number of amides is 2. The first-order valence-corrected chi connectivity index (χ1v) is 9.16. The van der Waals surface area contributed by atoms with Crippen molar-refractivity contribution in [3.63, 3.8) is 0 Å². The molecular formula is C21H25ClN2O2. The standard InChI is InChI=1S/C21H25ClN2O2/c1-14(2)18(16-9-5-4-6-10-16)13-23-20(25)15(3)24-21(26)17-11-7-8-12-19(17)22/h4-12,14-15,18H,13H2,1-3H3,(H,23,25)(H,24,26). The molecule has 0 aliphatic carbocycles. The molecule has 0 fully saturated rings. The minimum atomic E-state index is -0.651. The van der Waals surface area contributed by atoms with Crippen LogP contribution in [0.4, 0.5) is 0 Å². The van der Waals surface area contributed by atoms with Crippen molar-refractivity contribution in [1.82, 2.24) is 10.6 Å². The van der Waals surface area contributed by atoms with Gasteiger partial charge < -0.3 is 10.6 Å². The van der Waals surface area contributed by atoms with Crippen molar-refractivity contribution >= 4 is 23.4 Å². The van der Waals surface area contributed by atoms with Crippen molar-refractivity contribution in [2.45, 2.75) is 32.7 Å². The van der Waals surface area contributed by atoms with Gasteiger partial charge >= 0.3 is 0 Å². The van der Waals surface area contributed by atoms with Crippen LogP contribution in [0, 0.1) is 5.92 Å². The normalized spacial score (nSPS) is 13.1. The highest BCUT2D eigenvalue weighted by molar-refractivity contribution is 6.33. The maximum Gasteiger partial charge on any atom is 0.253 e. The van der Waals surface area contributed by atoms with Gasteiger partial charge in [-0.15, -0.1) is 0 Å². The Morgan fingerprint density at radius 3 is 2.19 bits per heavy atom. The van der Waals surface area contributed by atoms with E-state index >= 15 is 0 Å². The summed E-state index contributed by atoms with van der Waals surface area (Å²) in [6, 6.07) is 16.2. The summed E-state index contributed by atoms with van der Waals surface area (Å²) in [5.74, 6) is 0.0195. The second-order valence-electron chi connectivity index (χ2n) is 6.68. The van der Waals surface area contributed by atoms with Gasteiger partial charge in [-0.05, 0) is 30.5 Å². The Bertz CT molecular complexity index is 747. The fourth-order valence-corrected chi connectivity index (χ4v) is 3.01. The van der Waals surface area contributed by atoms with Gasteiger partial charge in [0, 0.05) is 12.5 Å². The van der Waals surface area contributed by atoms with E-state index in [-0.39, 0.29) is 17.7 Å². The van der Waals surface area contributed by atoms with Crippen LogP contribution in [0.3, 0.4) is 0 Å². The van der Waals surface area contributed by atoms with Crippen molar-refractivity contribution in [1.29, 1.82) is 0 Å². The highest BCUT2D eigenvalue weighted by Crippen LogP contribution is 2.23. The van der Waals surface area contributed by atoms with E-state index in [4.69, 9.17) is 11.6 Å². The second-order valence-corrected chi connectivity index (χ2v) is 7.09. The molecule has 2 amide bonds. The Hall–Kier alpha value is -2.33. The number of rotatable bonds is 7. The smallest absolute Gasteiger partial charge is 0.253 e. The third-order valence-electron chi connectivity index (χ3n) is 4.39. The molecule has 2 aromatic carbocycles. The van der Waals surface area contributed by atoms with Crippen LogP contribution in [-0.4, -0.2) is 24.4 Å². The molecule has 26 heavy (non-hydrogen) atoms. The summed E-state index contributed by atoms with van der Waals surface area (Å²) in [5, 5.41) is 6.00. The van der Waals surface area contributed by atoms with Crippen LogP contribution in [0.5, 0.6) is 0 Å². The molecule has 2 N–H and O–H groups in total. The quantitative estimate of drug-likeness (QED) is 0.771. The first-order chi connectivity index (χ1) is 12.4. The monoisotopic (exact) mass is 372 g/mol. The second kappa shape index (κ2) is 9.39. The number of carbonyl (C=O) groups is 2. The molecule has 5 heteroatoms. The number of halogens is 1. The molecule has 0 aromatic heterocycles. The number of nitrogens with one attached hydrogen (secondary N) is 2. The summed E-state index contributed by atoms with van der Waals surface area (Å²) in [6.07, 6.45) is 0. The molecule has 2 unspecified atom stereocenters. The van der Waals surface area contributed by atoms with Crippen LogP contribution in [0.1, 0.15) is 42.6 Å². The van der Waals surface area contributed by atoms with E-state index in [2.05, 4.69) is 36.6 Å². The van der Waals surface area contributed by atoms with Gasteiger partial charge in [0.25, 0.3) is 5.91 Å². The number of hydrogen-bond acceptors (Lipinski definition) is 2. The predicted molar refractivity (Wildman–Crippen MR) is 105 cm³/mol. The first kappa shape index (κ1) is 20.0. The fourth-order valence-electron chi connectivity index (χ4n) is 2.79. The van der Waals surface area contributed by atoms with Crippen molar-refractivity contribution in [2.75, 3.05) is 6.54 Å². The Labute approximate surface area is 159 Å². The van der Waals surface area contributed by atoms with Crippen LogP contribution in [-0.2, 0) is 4.79 Å². The highest BCUT2D eigenvalue weighted by atomic mass is 35.5. The zero-order valence-corrected chi connectivity index (χ0v) is 16.1. The summed E-state index contributed by atoms with van der Waals surface area (Å²) in [6.45, 7) is 6.45. The minimum absolute atomic E-state index is 0.214. The Kier molecular flexibility index (Phi) is 7.22. The molecule has 0 saturated carbocycles. The number of hydrogen-bond donors (Lipinski definition) is 2. The third kappa shape index (κ3) is 5.33. The van der Waals surface area contributed by atoms with Gasteiger partial charge in [0.15, 0.2) is 0 Å². The van der Waals surface area contributed by atoms with Gasteiger partial charge in [-0.2, -0.15) is 0 Å². The van der Waals surface area contributed by atoms with Crippen molar-refractivity contribution in [2.24, 2.45) is 5.92 Å². The SMILES string of the molecule is CC(NC(=O)c1ccccc1Cl)C(=O)NCC(c1ccccc1)C(C)C. The van der Waals surface area contributed by atoms with E-state index in [9.17, 15) is 9.59 Å². The van der Waals surface area contributed by atoms with E-state index in [0.717, 1.165) is 0 Å². The zero-order chi connectivity index (χ0) is 19.1. The lowest BCUT2D eigenvalue weighted by molar-refractivity contribution is -0.122. The lowest BCUT2D eigenvalue weighted by atomic mass is 9.88. The topological polar surface area (TPSA) is 58.2 Å². The number of carbonyl (C=O) groups excluding carboxylic acids is 2. The average Bonchev–Trinajstić information content (AvgIpc) is 2.62. The van der Waals surface area contributed by atoms with Gasteiger partial charge in [-0.1, -0.05) is 67.9 Å². The molecule has 0 heterocycles. The molecular weight excluding hydrogens is 348 g/mol. The van der Waals surface area contributed by atoms with E-state index in [1.165, 1.54) is 5.56 Å². The summed E-state index contributed by atoms with van der Waals surface area (Å²) in [4.78, 5) is 24.7. The van der Waals surface area contributed by atoms with E-state index in [0.29, 0.717) is 23.0 Å². The molecule has 2 atom stereocenters. The average molecular weight is 373 g/mol. The van der Waals surface area contributed by atoms with Gasteiger partial charge in [0.2, 0.25) is 5.91 Å². The largest absolute Gasteiger partial charge is 0.354 e. The Morgan fingerprint density at radius 1 is 0.962 bits per heavy atom. The minimum Gasteiger partial charge on any atom is -0.354 e. The van der Waals surface area contributed by atoms with Crippen molar-refractivity contribution in [3.8, 4) is 0 Å². The van der Waals surface area contributed by atoms with Crippen LogP contribution in [0.2, 0.25) is 5.02 Å². The van der Waals surface area contributed by atoms with E-state index in [1.54, 1.807) is 31.2 Å². The van der Waals surface area contributed by atoms with Crippen LogP contribution < -0.4 is 10.6 Å². The van der Waals surface area contributed by atoms with Crippen molar-refractivity contribution < 1.29 is 9.59 Å². The summed E-state index contributed by atoms with van der Waals surface area (Å²) in [5.41, 5.74) is 1.55. The van der Waals surface area contributed by atoms with Gasteiger partial charge in [-0.25, -0.2) is 0 Å². The highest BCUT2D eigenvalue weighted by Gasteiger charge is 2.21. The molecule has 4 nitrogen and oxygen atoms in total. The van der Waals surface area contributed by atoms with Gasteiger partial charge in [0.05, 0.1) is 10.6 Å². The molecule has 2 aromatic rings. The fraction of sp³-hybridized carbons (Fsp3) is 0.333. The van der Waals surface area contributed by atoms with Gasteiger partial charge in [0.1, 0.15) is 6.04 Å². The molecule has 0 saturated heterocycles. The van der Waals surface area contributed by atoms with Crippen LogP contribution in [0.25, 0.3) is 0 Å². The third-order valence-corrected chi connectivity index (χ3v) is 4.72. The maximum atomic E-state index is 12.4. The summed E-state index contributed by atoms with van der Waals surface area (Å²) in [7, 11) is 0. The Morgan fingerprint density at radius 2 is 1.58 bits per heavy atom. The lowest BCUT2D eigenvalue weighted by Gasteiger charge is -2.23. The summed E-state index contributed by atoms with van der Waals surface area (Å²) >= 11 is 6.03. The van der Waals surface area contributed by atoms with Crippen molar-refractivity contribution in [3.05, 3.63) is 70.7 Å². The maximum absolute atomic E-state index is 12.4. The molecule has 2 rings (SSSR count). The zero-order valence-electron chi connectivity index (χ0n) is 15.3. The predicted octanol–water partition coefficient (Wildman–Crippen LogP) is 4.01. The van der Waals surface area contributed by atoms with E-state index in [1.807, 2.05) is 18.2 Å². The molecule has 0 aliphatic heterocycles. The molecule has 0 aliphatic rings. The van der Waals surface area contributed by atoms with Crippen LogP contribution in [0.15, 0.2) is 54.6 Å². The summed E-state index contributed by atoms with van der Waals surface area (Å²) < 4.78 is 0. The van der Waals surface area contributed by atoms with Crippen LogP contribution >= 0.6 is 11.6 Å².